The average molecular weight is 409 g/mol. The van der Waals surface area contributed by atoms with Gasteiger partial charge < -0.3 is 9.64 Å². The molecule has 0 spiro atoms. The number of nitrogens with one attached hydrogen (secondary N) is 1. The van der Waals surface area contributed by atoms with Gasteiger partial charge in [0.15, 0.2) is 0 Å². The second-order valence-corrected chi connectivity index (χ2v) is 7.28. The first-order valence-corrected chi connectivity index (χ1v) is 10.1. The molecule has 1 aromatic heterocycles. The molecule has 0 fully saturated rings. The molecule has 1 N–H and O–H groups in total. The van der Waals surface area contributed by atoms with Gasteiger partial charge >= 0.3 is 0 Å². The summed E-state index contributed by atoms with van der Waals surface area (Å²) in [6.07, 6.45) is 7.24. The van der Waals surface area contributed by atoms with Crippen molar-refractivity contribution in [2.45, 2.75) is 13.5 Å². The van der Waals surface area contributed by atoms with Crippen molar-refractivity contribution in [2.75, 3.05) is 13.7 Å². The maximum absolute atomic E-state index is 13.1. The molecule has 31 heavy (non-hydrogen) atoms. The number of hydrogen-bond donors (Lipinski definition) is 1. The highest BCUT2D eigenvalue weighted by Gasteiger charge is 2.17. The third kappa shape index (κ3) is 4.15. The van der Waals surface area contributed by atoms with Crippen molar-refractivity contribution in [1.29, 1.82) is 0 Å². The lowest BCUT2D eigenvalue weighted by Gasteiger charge is -2.19. The van der Waals surface area contributed by atoms with Crippen LogP contribution >= 0.6 is 0 Å². The molecule has 0 radical (unpaired) electrons. The molecular weight excluding hydrogens is 386 g/mol. The van der Waals surface area contributed by atoms with Gasteiger partial charge in [-0.25, -0.2) is 0 Å². The lowest BCUT2D eigenvalue weighted by molar-refractivity contribution is 0.0785. The second kappa shape index (κ2) is 8.76. The van der Waals surface area contributed by atoms with Crippen molar-refractivity contribution in [2.24, 2.45) is 0 Å². The number of rotatable bonds is 6. The Hall–Kier alpha value is -4.04. The molecule has 3 aromatic carbocycles. The van der Waals surface area contributed by atoms with Gasteiger partial charge in [-0.2, -0.15) is 5.10 Å². The van der Waals surface area contributed by atoms with Crippen LogP contribution in [-0.2, 0) is 6.54 Å². The van der Waals surface area contributed by atoms with Gasteiger partial charge in [0.05, 0.1) is 18.3 Å². The third-order valence-corrected chi connectivity index (χ3v) is 5.21. The van der Waals surface area contributed by atoms with E-state index in [9.17, 15) is 4.79 Å². The van der Waals surface area contributed by atoms with Crippen molar-refractivity contribution in [3.63, 3.8) is 0 Å². The molecule has 0 aliphatic carbocycles. The van der Waals surface area contributed by atoms with E-state index >= 15 is 0 Å². The Morgan fingerprint density at radius 1 is 1.16 bits per heavy atom. The molecule has 4 aromatic rings. The Morgan fingerprint density at radius 2 is 1.97 bits per heavy atom. The van der Waals surface area contributed by atoms with Gasteiger partial charge in [0.1, 0.15) is 5.75 Å². The van der Waals surface area contributed by atoms with E-state index in [0.29, 0.717) is 24.5 Å². The minimum atomic E-state index is -0.0771. The molecule has 0 atom stereocenters. The van der Waals surface area contributed by atoms with Crippen LogP contribution in [0.4, 0.5) is 0 Å². The Balaban J connectivity index is 1.61. The number of aromatic amines is 1. The van der Waals surface area contributed by atoms with Gasteiger partial charge in [-0.3, -0.25) is 9.89 Å². The topological polar surface area (TPSA) is 58.2 Å². The van der Waals surface area contributed by atoms with Crippen LogP contribution in [0.1, 0.15) is 28.4 Å². The van der Waals surface area contributed by atoms with Crippen LogP contribution in [0.5, 0.6) is 5.75 Å². The normalized spacial score (nSPS) is 10.6. The summed E-state index contributed by atoms with van der Waals surface area (Å²) in [6, 6.07) is 19.3. The maximum atomic E-state index is 13.1. The maximum Gasteiger partial charge on any atom is 0.254 e. The molecule has 0 aliphatic heterocycles. The highest BCUT2D eigenvalue weighted by molar-refractivity contribution is 5.95. The molecule has 4 rings (SSSR count). The number of benzene rings is 3. The van der Waals surface area contributed by atoms with E-state index in [1.165, 1.54) is 0 Å². The monoisotopic (exact) mass is 409 g/mol. The number of carbonyl (C=O) groups is 1. The zero-order valence-electron chi connectivity index (χ0n) is 17.6. The number of amides is 1. The van der Waals surface area contributed by atoms with E-state index < -0.39 is 0 Å². The molecule has 5 nitrogen and oxygen atoms in total. The van der Waals surface area contributed by atoms with Crippen molar-refractivity contribution >= 4 is 16.8 Å². The molecule has 1 heterocycles. The summed E-state index contributed by atoms with van der Waals surface area (Å²) in [7, 11) is 1.80. The van der Waals surface area contributed by atoms with Crippen molar-refractivity contribution < 1.29 is 9.53 Å². The van der Waals surface area contributed by atoms with E-state index in [1.807, 2.05) is 67.6 Å². The van der Waals surface area contributed by atoms with Crippen LogP contribution in [0.2, 0.25) is 0 Å². The van der Waals surface area contributed by atoms with Crippen LogP contribution in [0.25, 0.3) is 22.0 Å². The highest BCUT2D eigenvalue weighted by Crippen LogP contribution is 2.32. The predicted molar refractivity (Wildman–Crippen MR) is 123 cm³/mol. The van der Waals surface area contributed by atoms with E-state index in [1.54, 1.807) is 18.1 Å². The molecule has 154 valence electrons. The van der Waals surface area contributed by atoms with Crippen LogP contribution in [0, 0.1) is 12.3 Å². The number of hydrogen-bond acceptors (Lipinski definition) is 3. The van der Waals surface area contributed by atoms with E-state index in [-0.39, 0.29) is 5.91 Å². The van der Waals surface area contributed by atoms with Crippen LogP contribution in [0.3, 0.4) is 0 Å². The summed E-state index contributed by atoms with van der Waals surface area (Å²) >= 11 is 0. The molecule has 0 bridgehead atoms. The smallest absolute Gasteiger partial charge is 0.254 e. The minimum Gasteiger partial charge on any atom is -0.493 e. The van der Waals surface area contributed by atoms with Crippen LogP contribution < -0.4 is 4.74 Å². The Bertz CT molecular complexity index is 1270. The fourth-order valence-corrected chi connectivity index (χ4v) is 3.62. The minimum absolute atomic E-state index is 0.0771. The molecule has 0 aliphatic rings. The number of carbonyl (C=O) groups excluding carboxylic acids is 1. The number of H-pyrrole nitrogens is 1. The zero-order valence-corrected chi connectivity index (χ0v) is 17.6. The quantitative estimate of drug-likeness (QED) is 0.462. The second-order valence-electron chi connectivity index (χ2n) is 7.28. The fourth-order valence-electron chi connectivity index (χ4n) is 3.62. The summed E-state index contributed by atoms with van der Waals surface area (Å²) in [4.78, 5) is 14.8. The van der Waals surface area contributed by atoms with Gasteiger partial charge in [0.2, 0.25) is 0 Å². The summed E-state index contributed by atoms with van der Waals surface area (Å²) in [5, 5.41) is 8.13. The lowest BCUT2D eigenvalue weighted by Crippen LogP contribution is -2.26. The summed E-state index contributed by atoms with van der Waals surface area (Å²) in [6.45, 7) is 2.90. The van der Waals surface area contributed by atoms with Gasteiger partial charge in [-0.05, 0) is 48.4 Å². The number of aromatic nitrogens is 2. The molecule has 0 saturated carbocycles. The van der Waals surface area contributed by atoms with E-state index in [2.05, 4.69) is 16.1 Å². The van der Waals surface area contributed by atoms with E-state index in [0.717, 1.165) is 33.2 Å². The number of nitrogens with zero attached hydrogens (tertiary/aromatic N) is 2. The largest absolute Gasteiger partial charge is 0.493 e. The molecule has 1 amide bonds. The summed E-state index contributed by atoms with van der Waals surface area (Å²) < 4.78 is 5.86. The average Bonchev–Trinajstić information content (AvgIpc) is 3.29. The van der Waals surface area contributed by atoms with Crippen molar-refractivity contribution in [1.82, 2.24) is 15.1 Å². The van der Waals surface area contributed by atoms with E-state index in [4.69, 9.17) is 11.2 Å². The Kier molecular flexibility index (Phi) is 5.72. The Labute approximate surface area is 181 Å². The highest BCUT2D eigenvalue weighted by atomic mass is 16.5. The Morgan fingerprint density at radius 3 is 2.71 bits per heavy atom. The number of para-hydroxylation sites is 1. The number of terminal acetylenes is 1. The number of ether oxygens (including phenoxy) is 1. The SMILES string of the molecule is C#Cc1ccc(-c2ccc(C(=O)N(C)Cc3cccc4cn[nH]c34)cc2OCC)cc1. The van der Waals surface area contributed by atoms with Gasteiger partial charge in [0, 0.05) is 35.7 Å². The van der Waals surface area contributed by atoms with Crippen molar-refractivity contribution in [3.05, 3.63) is 83.6 Å². The summed E-state index contributed by atoms with van der Waals surface area (Å²) in [5.74, 6) is 3.22. The lowest BCUT2D eigenvalue weighted by atomic mass is 10.0. The molecule has 5 heteroatoms. The van der Waals surface area contributed by atoms with Crippen LogP contribution in [0.15, 0.2) is 66.9 Å². The predicted octanol–water partition coefficient (Wildman–Crippen LogP) is 4.88. The van der Waals surface area contributed by atoms with Gasteiger partial charge in [0.25, 0.3) is 5.91 Å². The molecule has 0 saturated heterocycles. The first kappa shape index (κ1) is 20.2. The molecule has 0 unspecified atom stereocenters. The van der Waals surface area contributed by atoms with Gasteiger partial charge in [-0.15, -0.1) is 6.42 Å². The van der Waals surface area contributed by atoms with Crippen LogP contribution in [-0.4, -0.2) is 34.7 Å². The first-order chi connectivity index (χ1) is 15.1. The summed E-state index contributed by atoms with van der Waals surface area (Å²) in [5.41, 5.74) is 5.27. The van der Waals surface area contributed by atoms with Crippen molar-refractivity contribution in [3.8, 4) is 29.2 Å². The molecular formula is C26H23N3O2. The number of fused-ring (bicyclic) bond motifs is 1. The standard InChI is InChI=1S/C26H23N3O2/c1-4-18-9-11-19(12-10-18)23-14-13-20(15-24(23)31-5-2)26(30)29(3)17-22-8-6-7-21-16-27-28-25(21)22/h1,6-16H,5,17H2,2-3H3,(H,27,28). The third-order valence-electron chi connectivity index (χ3n) is 5.21. The first-order valence-electron chi connectivity index (χ1n) is 10.1. The fraction of sp³-hybridized carbons (Fsp3) is 0.154. The zero-order chi connectivity index (χ0) is 21.8. The van der Waals surface area contributed by atoms with Gasteiger partial charge in [-0.1, -0.05) is 36.3 Å².